The SMILES string of the molecule is CC1(C)OB(C(F)=C(c2ccccc2)c2ccccn2)OC1(C)C. The van der Waals surface area contributed by atoms with Gasteiger partial charge in [-0.3, -0.25) is 4.98 Å². The van der Waals surface area contributed by atoms with Crippen LogP contribution in [0, 0.1) is 0 Å². The zero-order chi connectivity index (χ0) is 17.4. The molecule has 124 valence electrons. The molecule has 2 heterocycles. The highest BCUT2D eigenvalue weighted by atomic mass is 19.1. The summed E-state index contributed by atoms with van der Waals surface area (Å²) in [6.07, 6.45) is 1.65. The van der Waals surface area contributed by atoms with Crippen LogP contribution >= 0.6 is 0 Å². The minimum atomic E-state index is -1.05. The summed E-state index contributed by atoms with van der Waals surface area (Å²) in [5.74, 6) is 0. The Morgan fingerprint density at radius 2 is 1.50 bits per heavy atom. The number of aromatic nitrogens is 1. The molecule has 0 spiro atoms. The fraction of sp³-hybridized carbons (Fsp3) is 0.316. The maximum absolute atomic E-state index is 15.4. The van der Waals surface area contributed by atoms with Gasteiger partial charge in [0, 0.05) is 11.8 Å². The fourth-order valence-corrected chi connectivity index (χ4v) is 2.59. The number of nitrogens with zero attached hydrogens (tertiary/aromatic N) is 1. The number of hydrogen-bond acceptors (Lipinski definition) is 3. The summed E-state index contributed by atoms with van der Waals surface area (Å²) in [6.45, 7) is 7.62. The Balaban J connectivity index is 2.10. The molecule has 0 radical (unpaired) electrons. The van der Waals surface area contributed by atoms with Crippen molar-refractivity contribution in [2.75, 3.05) is 0 Å². The van der Waals surface area contributed by atoms with E-state index in [0.29, 0.717) is 11.3 Å². The molecule has 2 aromatic rings. The summed E-state index contributed by atoms with van der Waals surface area (Å²) in [6, 6.07) is 14.8. The summed E-state index contributed by atoms with van der Waals surface area (Å²) in [5.41, 5.74) is 0.0366. The second kappa shape index (κ2) is 6.15. The van der Waals surface area contributed by atoms with E-state index in [1.807, 2.05) is 64.1 Å². The molecule has 0 bridgehead atoms. The van der Waals surface area contributed by atoms with Gasteiger partial charge in [-0.15, -0.1) is 0 Å². The number of hydrogen-bond donors (Lipinski definition) is 0. The number of halogens is 1. The van der Waals surface area contributed by atoms with E-state index in [2.05, 4.69) is 4.98 Å². The molecule has 3 rings (SSSR count). The van der Waals surface area contributed by atoms with E-state index in [1.165, 1.54) is 0 Å². The van der Waals surface area contributed by atoms with E-state index in [1.54, 1.807) is 18.3 Å². The van der Waals surface area contributed by atoms with Crippen molar-refractivity contribution in [1.82, 2.24) is 4.98 Å². The molecule has 1 aliphatic rings. The average Bonchev–Trinajstić information content (AvgIpc) is 2.78. The van der Waals surface area contributed by atoms with Gasteiger partial charge in [0.25, 0.3) is 0 Å². The molecule has 24 heavy (non-hydrogen) atoms. The van der Waals surface area contributed by atoms with Crippen LogP contribution < -0.4 is 0 Å². The minimum Gasteiger partial charge on any atom is -0.398 e. The van der Waals surface area contributed by atoms with Crippen LogP contribution in [-0.4, -0.2) is 23.3 Å². The van der Waals surface area contributed by atoms with E-state index in [4.69, 9.17) is 9.31 Å². The maximum Gasteiger partial charge on any atom is 0.525 e. The lowest BCUT2D eigenvalue weighted by atomic mass is 9.81. The van der Waals surface area contributed by atoms with Gasteiger partial charge in [0.05, 0.1) is 16.9 Å². The summed E-state index contributed by atoms with van der Waals surface area (Å²) >= 11 is 0. The Bertz CT molecular complexity index is 687. The van der Waals surface area contributed by atoms with Gasteiger partial charge in [-0.1, -0.05) is 36.4 Å². The monoisotopic (exact) mass is 325 g/mol. The molecule has 0 unspecified atom stereocenters. The smallest absolute Gasteiger partial charge is 0.398 e. The quantitative estimate of drug-likeness (QED) is 0.782. The van der Waals surface area contributed by atoms with Gasteiger partial charge in [-0.2, -0.15) is 0 Å². The lowest BCUT2D eigenvalue weighted by molar-refractivity contribution is 0.00578. The molecule has 0 amide bonds. The highest BCUT2D eigenvalue weighted by Crippen LogP contribution is 2.41. The first-order chi connectivity index (χ1) is 11.3. The molecule has 0 atom stereocenters. The lowest BCUT2D eigenvalue weighted by Crippen LogP contribution is -2.41. The summed E-state index contributed by atoms with van der Waals surface area (Å²) in [4.78, 5) is 4.31. The molecule has 1 aromatic heterocycles. The summed E-state index contributed by atoms with van der Waals surface area (Å²) in [7, 11) is -1.05. The standard InChI is InChI=1S/C19H21BFNO2/c1-18(2)19(3,4)24-20(23-18)17(21)16(14-10-6-5-7-11-14)15-12-8-9-13-22-15/h5-13H,1-4H3. The molecule has 5 heteroatoms. The third-order valence-corrected chi connectivity index (χ3v) is 4.68. The highest BCUT2D eigenvalue weighted by Gasteiger charge is 2.53. The van der Waals surface area contributed by atoms with E-state index >= 15 is 4.39 Å². The first-order valence-corrected chi connectivity index (χ1v) is 8.04. The largest absolute Gasteiger partial charge is 0.525 e. The number of pyridine rings is 1. The molecule has 1 aliphatic heterocycles. The van der Waals surface area contributed by atoms with Crippen LogP contribution in [0.3, 0.4) is 0 Å². The zero-order valence-corrected chi connectivity index (χ0v) is 14.4. The molecule has 0 aliphatic carbocycles. The summed E-state index contributed by atoms with van der Waals surface area (Å²) in [5, 5.41) is 0. The maximum atomic E-state index is 15.4. The molecular formula is C19H21BFNO2. The molecule has 3 nitrogen and oxygen atoms in total. The second-order valence-electron chi connectivity index (χ2n) is 6.89. The second-order valence-corrected chi connectivity index (χ2v) is 6.89. The van der Waals surface area contributed by atoms with Crippen LogP contribution in [0.1, 0.15) is 39.0 Å². The van der Waals surface area contributed by atoms with Gasteiger partial charge in [-0.25, -0.2) is 4.39 Å². The highest BCUT2D eigenvalue weighted by molar-refractivity contribution is 6.55. The van der Waals surface area contributed by atoms with Crippen molar-refractivity contribution in [3.8, 4) is 0 Å². The minimum absolute atomic E-state index is 0.398. The van der Waals surface area contributed by atoms with Crippen molar-refractivity contribution >= 4 is 12.7 Å². The third kappa shape index (κ3) is 3.02. The third-order valence-electron chi connectivity index (χ3n) is 4.68. The van der Waals surface area contributed by atoms with Crippen LogP contribution in [-0.2, 0) is 9.31 Å². The van der Waals surface area contributed by atoms with Gasteiger partial charge in [0.1, 0.15) is 5.73 Å². The van der Waals surface area contributed by atoms with E-state index in [-0.39, 0.29) is 0 Å². The Morgan fingerprint density at radius 3 is 2.04 bits per heavy atom. The number of benzene rings is 1. The van der Waals surface area contributed by atoms with Crippen LogP contribution in [0.15, 0.2) is 60.5 Å². The number of rotatable bonds is 3. The van der Waals surface area contributed by atoms with Crippen molar-refractivity contribution in [3.63, 3.8) is 0 Å². The van der Waals surface area contributed by atoms with E-state index in [0.717, 1.165) is 5.56 Å². The topological polar surface area (TPSA) is 31.4 Å². The van der Waals surface area contributed by atoms with Gasteiger partial charge >= 0.3 is 7.12 Å². The van der Waals surface area contributed by atoms with Gasteiger partial charge < -0.3 is 9.31 Å². The van der Waals surface area contributed by atoms with Crippen molar-refractivity contribution in [1.29, 1.82) is 0 Å². The Kier molecular flexibility index (Phi) is 4.32. The lowest BCUT2D eigenvalue weighted by Gasteiger charge is -2.32. The molecule has 1 fully saturated rings. The van der Waals surface area contributed by atoms with Crippen molar-refractivity contribution in [2.24, 2.45) is 0 Å². The summed E-state index contributed by atoms with van der Waals surface area (Å²) < 4.78 is 27.2. The van der Waals surface area contributed by atoms with E-state index in [9.17, 15) is 0 Å². The van der Waals surface area contributed by atoms with Crippen LogP contribution in [0.4, 0.5) is 4.39 Å². The van der Waals surface area contributed by atoms with Gasteiger partial charge in [0.15, 0.2) is 0 Å². The Morgan fingerprint density at radius 1 is 0.917 bits per heavy atom. The van der Waals surface area contributed by atoms with Crippen molar-refractivity contribution in [3.05, 3.63) is 71.7 Å². The van der Waals surface area contributed by atoms with Crippen molar-refractivity contribution < 1.29 is 13.7 Å². The van der Waals surface area contributed by atoms with Crippen LogP contribution in [0.5, 0.6) is 0 Å². The Labute approximate surface area is 142 Å². The van der Waals surface area contributed by atoms with Crippen LogP contribution in [0.25, 0.3) is 5.57 Å². The molecule has 0 saturated carbocycles. The first kappa shape index (κ1) is 16.9. The predicted molar refractivity (Wildman–Crippen MR) is 93.9 cm³/mol. The fourth-order valence-electron chi connectivity index (χ4n) is 2.59. The Hall–Kier alpha value is -1.98. The average molecular weight is 325 g/mol. The molecule has 1 saturated heterocycles. The van der Waals surface area contributed by atoms with Crippen LogP contribution in [0.2, 0.25) is 0 Å². The normalized spacial score (nSPS) is 20.0. The first-order valence-electron chi connectivity index (χ1n) is 8.04. The zero-order valence-electron chi connectivity index (χ0n) is 14.4. The predicted octanol–water partition coefficient (Wildman–Crippen LogP) is 4.44. The van der Waals surface area contributed by atoms with Crippen molar-refractivity contribution in [2.45, 2.75) is 38.9 Å². The van der Waals surface area contributed by atoms with Gasteiger partial charge in [0.2, 0.25) is 0 Å². The molecule has 0 N–H and O–H groups in total. The van der Waals surface area contributed by atoms with Gasteiger partial charge in [-0.05, 0) is 45.4 Å². The molecular weight excluding hydrogens is 304 g/mol. The van der Waals surface area contributed by atoms with E-state index < -0.39 is 24.0 Å². The molecule has 1 aromatic carbocycles.